The number of para-hydroxylation sites is 1. The third-order valence-corrected chi connectivity index (χ3v) is 19.5. The highest BCUT2D eigenvalue weighted by atomic mass is 35.5. The van der Waals surface area contributed by atoms with E-state index in [2.05, 4.69) is 49.9 Å². The molecule has 0 bridgehead atoms. The van der Waals surface area contributed by atoms with Crippen LogP contribution in [0.4, 0.5) is 42.7 Å². The van der Waals surface area contributed by atoms with Crippen LogP contribution in [0.5, 0.6) is 5.75 Å². The Hall–Kier alpha value is -6.87. The number of imidazole rings is 3. The van der Waals surface area contributed by atoms with Crippen molar-refractivity contribution in [3.63, 3.8) is 0 Å². The maximum absolute atomic E-state index is 16.2. The number of esters is 1. The smallest absolute Gasteiger partial charge is 0.459 e. The number of aliphatic hydroxyl groups excluding tert-OH is 3. The van der Waals surface area contributed by atoms with E-state index in [9.17, 15) is 24.7 Å². The van der Waals surface area contributed by atoms with Crippen LogP contribution in [0, 0.1) is 5.92 Å². The summed E-state index contributed by atoms with van der Waals surface area (Å²) in [7, 11) is -0.458. The molecule has 0 amide bonds. The summed E-state index contributed by atoms with van der Waals surface area (Å²) in [6.07, 6.45) is 1.98. The van der Waals surface area contributed by atoms with Crippen LogP contribution in [0.3, 0.4) is 0 Å². The van der Waals surface area contributed by atoms with E-state index in [1.165, 1.54) is 62.2 Å². The molecule has 6 aromatic heterocycles. The monoisotopic (exact) mass is 1320 g/mol. The molecule has 29 nitrogen and oxygen atoms in total. The zero-order chi connectivity index (χ0) is 65.8. The molecule has 34 heteroatoms. The van der Waals surface area contributed by atoms with Gasteiger partial charge in [-0.1, -0.05) is 43.6 Å². The van der Waals surface area contributed by atoms with Crippen molar-refractivity contribution in [2.45, 2.75) is 191 Å². The number of benzene rings is 1. The summed E-state index contributed by atoms with van der Waals surface area (Å²) in [6, 6.07) is 7.75. The maximum atomic E-state index is 16.2. The number of nitrogens with one attached hydrogen (secondary N) is 1. The first-order valence-corrected chi connectivity index (χ1v) is 32.0. The van der Waals surface area contributed by atoms with Gasteiger partial charge in [0.05, 0.1) is 44.4 Å². The molecule has 5 aliphatic rings. The van der Waals surface area contributed by atoms with Crippen LogP contribution in [-0.2, 0) is 32.8 Å². The number of aromatic nitrogens is 12. The molecule has 2 saturated carbocycles. The van der Waals surface area contributed by atoms with Gasteiger partial charge in [0.2, 0.25) is 17.8 Å². The van der Waals surface area contributed by atoms with Crippen molar-refractivity contribution in [1.29, 1.82) is 0 Å². The second kappa shape index (κ2) is 26.3. The number of hydrogen-bond acceptors (Lipinski definition) is 25. The van der Waals surface area contributed by atoms with Crippen molar-refractivity contribution in [2.75, 3.05) is 54.3 Å². The molecule has 1 aromatic carbocycles. The number of rotatable bonds is 18. The molecule has 9 heterocycles. The number of carbonyl (C=O) groups is 1. The standard InChI is InChI=1S/C28H39FN7O7P.C16H23FN6O3.C13H17ClFN5O.H2/c1-16(2)41-25(38)17(3)34-44(39,43-19-12-7-6-8-13-19)40-14-20-22(37)28(4,29)26(42-20)36-15-31-21-23(32-27(30)33-24(21)36)35(5)18-10-9-11-18;1-16(17)11(25)9(6-24)26-14(16)23-7-19-10-12(20-15(18)21-13(10)23)22(2)8-4-3-5-8;1-4-7-6(2)13(3,15)11(21-7)20-5-17-8-9(14)18-12(16)19-10(8)20;/h6-8,12-13,15-18,20,22,26,37H,9-11,14H2,1-5H3,(H,34,39)(H2,30,32,33);7-9,11,14,24-25H,3-6H2,1-2H3,(H2,18,20,21);5-7,11H,4H2,1-3H3,(H2,16,18,19);1H/t17-,20+,22+,26+,28+,44?;9-,11-,14-,16-;6-,7-,11-,13-;/m011./s1. The van der Waals surface area contributed by atoms with Gasteiger partial charge in [-0.3, -0.25) is 23.0 Å². The summed E-state index contributed by atoms with van der Waals surface area (Å²) in [5, 5.41) is 33.2. The van der Waals surface area contributed by atoms with E-state index < -0.39 is 99.2 Å². The van der Waals surface area contributed by atoms with Gasteiger partial charge < -0.3 is 65.8 Å². The molecule has 1 unspecified atom stereocenters. The fourth-order valence-corrected chi connectivity index (χ4v) is 13.4. The molecule has 14 atom stereocenters. The second-order valence-electron chi connectivity index (χ2n) is 24.4. The molecule has 10 N–H and O–H groups in total. The van der Waals surface area contributed by atoms with Gasteiger partial charge in [-0.05, 0) is 98.6 Å². The van der Waals surface area contributed by atoms with E-state index in [4.69, 9.17) is 56.8 Å². The number of alkyl halides is 3. The Balaban J connectivity index is 0.000000176. The molecular formula is C57H81ClF3N18O11P. The molecular weight excluding hydrogens is 1240 g/mol. The van der Waals surface area contributed by atoms with Crippen molar-refractivity contribution >= 4 is 88.3 Å². The fourth-order valence-electron chi connectivity index (χ4n) is 11.6. The number of halogens is 4. The van der Waals surface area contributed by atoms with Crippen LogP contribution in [0.15, 0.2) is 49.3 Å². The number of fused-ring (bicyclic) bond motifs is 3. The topological polar surface area (TPSA) is 378 Å². The molecule has 5 fully saturated rings. The molecule has 3 aliphatic heterocycles. The predicted molar refractivity (Wildman–Crippen MR) is 332 cm³/mol. The van der Waals surface area contributed by atoms with Crippen molar-refractivity contribution < 1.29 is 67.3 Å². The fraction of sp³-hybridized carbons (Fsp3) is 0.614. The van der Waals surface area contributed by atoms with E-state index in [0.717, 1.165) is 38.5 Å². The van der Waals surface area contributed by atoms with E-state index in [0.29, 0.717) is 45.5 Å². The Kier molecular flexibility index (Phi) is 19.3. The number of aliphatic hydroxyl groups is 3. The van der Waals surface area contributed by atoms with Gasteiger partial charge in [-0.2, -0.15) is 35.0 Å². The summed E-state index contributed by atoms with van der Waals surface area (Å²) in [5.41, 5.74) is 13.8. The number of nitrogens with two attached hydrogens (primary N) is 3. The number of carbonyl (C=O) groups excluding carboxylic acids is 1. The van der Waals surface area contributed by atoms with Gasteiger partial charge in [0.1, 0.15) is 41.7 Å². The first kappa shape index (κ1) is 67.0. The Labute approximate surface area is 528 Å². The number of ether oxygens (including phenoxy) is 4. The highest BCUT2D eigenvalue weighted by Crippen LogP contribution is 2.50. The van der Waals surface area contributed by atoms with Crippen LogP contribution in [-0.4, -0.2) is 179 Å². The summed E-state index contributed by atoms with van der Waals surface area (Å²) < 4.78 is 98.5. The minimum Gasteiger partial charge on any atom is -0.462 e. The number of hydrogen-bond donors (Lipinski definition) is 7. The average Bonchev–Trinajstić information content (AvgIpc) is 1.60. The maximum Gasteiger partial charge on any atom is 0.459 e. The van der Waals surface area contributed by atoms with Crippen molar-refractivity contribution in [2.24, 2.45) is 5.92 Å². The quantitative estimate of drug-likeness (QED) is 0.0262. The minimum absolute atomic E-state index is 0. The molecule has 91 heavy (non-hydrogen) atoms. The molecule has 0 radical (unpaired) electrons. The van der Waals surface area contributed by atoms with Crippen LogP contribution >= 0.6 is 19.3 Å². The second-order valence-corrected chi connectivity index (χ2v) is 26.4. The van der Waals surface area contributed by atoms with Gasteiger partial charge in [-0.25, -0.2) is 32.7 Å². The van der Waals surface area contributed by atoms with Gasteiger partial charge in [0, 0.05) is 33.5 Å². The van der Waals surface area contributed by atoms with Crippen LogP contribution in [0.2, 0.25) is 5.15 Å². The number of nitrogens with zero attached hydrogens (tertiary/aromatic N) is 14. The summed E-state index contributed by atoms with van der Waals surface area (Å²) in [6.45, 7) is 11.5. The Morgan fingerprint density at radius 1 is 0.736 bits per heavy atom. The normalized spacial score (nSPS) is 29.3. The lowest BCUT2D eigenvalue weighted by molar-refractivity contribution is -0.149. The SMILES string of the molecule is CC(C)OC(=O)[C@H](C)NP(=O)(OC[C@H]1O[C@@H](n2cnc3c(N(C)C4CCC4)nc(N)nc32)[C@](C)(F)[C@@H]1O)Oc1ccccc1.CC[C@H]1O[C@@H](n2cnc3c(Cl)nc(N)nc32)[C@](C)(F)[C@@H]1C.CN(c1nc(N)nc2c1ncn2[C@@H]1O[C@H](CO)[C@@H](O)[C@@]1(C)F)C1CCC1.[HH]. The average molecular weight is 1320 g/mol. The van der Waals surface area contributed by atoms with E-state index in [-0.39, 0.29) is 53.9 Å². The van der Waals surface area contributed by atoms with Gasteiger partial charge >= 0.3 is 13.7 Å². The number of anilines is 5. The zero-order valence-electron chi connectivity index (χ0n) is 52.0. The molecule has 3 saturated heterocycles. The highest BCUT2D eigenvalue weighted by Gasteiger charge is 2.58. The van der Waals surface area contributed by atoms with E-state index in [1.807, 2.05) is 37.7 Å². The molecule has 7 aromatic rings. The highest BCUT2D eigenvalue weighted by molar-refractivity contribution is 7.52. The lowest BCUT2D eigenvalue weighted by atomic mass is 9.88. The Morgan fingerprint density at radius 2 is 1.18 bits per heavy atom. The van der Waals surface area contributed by atoms with Gasteiger partial charge in [0.25, 0.3) is 0 Å². The van der Waals surface area contributed by atoms with Crippen molar-refractivity contribution in [3.8, 4) is 5.75 Å². The van der Waals surface area contributed by atoms with Crippen molar-refractivity contribution in [1.82, 2.24) is 63.6 Å². The Morgan fingerprint density at radius 3 is 1.62 bits per heavy atom. The molecule has 498 valence electrons. The van der Waals surface area contributed by atoms with Gasteiger partial charge in [-0.15, -0.1) is 0 Å². The van der Waals surface area contributed by atoms with E-state index >= 15 is 13.2 Å². The van der Waals surface area contributed by atoms with Crippen molar-refractivity contribution in [3.05, 3.63) is 54.5 Å². The molecule has 12 rings (SSSR count). The lowest BCUT2D eigenvalue weighted by Crippen LogP contribution is -2.41. The summed E-state index contributed by atoms with van der Waals surface area (Å²) >= 11 is 6.00. The summed E-state index contributed by atoms with van der Waals surface area (Å²) in [5.74, 6) is 0.447. The minimum atomic E-state index is -4.29. The van der Waals surface area contributed by atoms with Gasteiger partial charge in [0.15, 0.2) is 80.5 Å². The third kappa shape index (κ3) is 13.1. The third-order valence-electron chi connectivity index (χ3n) is 17.6. The van der Waals surface area contributed by atoms with Crippen LogP contribution < -0.4 is 36.6 Å². The summed E-state index contributed by atoms with van der Waals surface area (Å²) in [4.78, 5) is 54.6. The predicted octanol–water partition coefficient (Wildman–Crippen LogP) is 6.87. The first-order valence-electron chi connectivity index (χ1n) is 30.1. The zero-order valence-corrected chi connectivity index (χ0v) is 53.7. The largest absolute Gasteiger partial charge is 0.462 e. The van der Waals surface area contributed by atoms with Crippen LogP contribution in [0.1, 0.15) is 120 Å². The molecule has 2 aliphatic carbocycles. The van der Waals surface area contributed by atoms with E-state index in [1.54, 1.807) is 48.7 Å². The first-order chi connectivity index (χ1) is 43.0. The Bertz CT molecular complexity index is 3780. The van der Waals surface area contributed by atoms with Crippen LogP contribution in [0.25, 0.3) is 33.5 Å². The number of nitrogen functional groups attached to an aromatic ring is 3. The molecule has 0 spiro atoms. The lowest BCUT2D eigenvalue weighted by Gasteiger charge is -2.35.